The van der Waals surface area contributed by atoms with E-state index >= 15 is 0 Å². The Morgan fingerprint density at radius 2 is 1.81 bits per heavy atom. The van der Waals surface area contributed by atoms with Crippen molar-refractivity contribution >= 4 is 21.9 Å². The van der Waals surface area contributed by atoms with Gasteiger partial charge < -0.3 is 9.64 Å². The van der Waals surface area contributed by atoms with Gasteiger partial charge in [0.15, 0.2) is 5.75 Å². The molecule has 0 atom stereocenters. The number of nitrogens with zero attached hydrogens (tertiary/aromatic N) is 5. The van der Waals surface area contributed by atoms with E-state index in [1.807, 2.05) is 51.9 Å². The van der Waals surface area contributed by atoms with Crippen molar-refractivity contribution in [2.45, 2.75) is 26.7 Å². The third-order valence-electron chi connectivity index (χ3n) is 2.69. The minimum atomic E-state index is 0.189. The van der Waals surface area contributed by atoms with Crippen LogP contribution in [0.3, 0.4) is 0 Å². The highest BCUT2D eigenvalue weighted by molar-refractivity contribution is 9.10. The molecular formula is C14H18BrN5O. The first-order valence-corrected chi connectivity index (χ1v) is 7.40. The van der Waals surface area contributed by atoms with Gasteiger partial charge in [0.2, 0.25) is 5.95 Å². The number of hydrogen-bond donors (Lipinski definition) is 0. The summed E-state index contributed by atoms with van der Waals surface area (Å²) in [4.78, 5) is 19.2. The van der Waals surface area contributed by atoms with Crippen molar-refractivity contribution < 1.29 is 4.74 Å². The number of aromatic nitrogens is 4. The lowest BCUT2D eigenvalue weighted by Crippen LogP contribution is -2.15. The van der Waals surface area contributed by atoms with Crippen LogP contribution >= 0.6 is 15.9 Å². The van der Waals surface area contributed by atoms with Crippen molar-refractivity contribution in [1.29, 1.82) is 0 Å². The molecule has 0 spiro atoms. The molecular weight excluding hydrogens is 334 g/mol. The fraction of sp³-hybridized carbons (Fsp3) is 0.429. The van der Waals surface area contributed by atoms with Gasteiger partial charge in [0.1, 0.15) is 10.4 Å². The zero-order valence-corrected chi connectivity index (χ0v) is 14.3. The summed E-state index contributed by atoms with van der Waals surface area (Å²) in [5.74, 6) is 2.03. The number of ether oxygens (including phenoxy) is 1. The third-order valence-corrected chi connectivity index (χ3v) is 3.26. The molecule has 0 aliphatic heterocycles. The van der Waals surface area contributed by atoms with Gasteiger partial charge in [-0.05, 0) is 35.0 Å². The van der Waals surface area contributed by atoms with Crippen molar-refractivity contribution in [3.05, 3.63) is 28.3 Å². The normalized spacial score (nSPS) is 10.8. The van der Waals surface area contributed by atoms with Gasteiger partial charge in [-0.1, -0.05) is 13.8 Å². The van der Waals surface area contributed by atoms with Crippen molar-refractivity contribution in [3.63, 3.8) is 0 Å². The topological polar surface area (TPSA) is 64.0 Å². The number of aryl methyl sites for hydroxylation is 1. The van der Waals surface area contributed by atoms with E-state index in [9.17, 15) is 0 Å². The van der Waals surface area contributed by atoms with Crippen LogP contribution < -0.4 is 9.64 Å². The molecule has 112 valence electrons. The molecule has 0 saturated heterocycles. The van der Waals surface area contributed by atoms with Gasteiger partial charge in [0.25, 0.3) is 0 Å². The minimum absolute atomic E-state index is 0.189. The second-order valence-corrected chi connectivity index (χ2v) is 5.92. The Labute approximate surface area is 132 Å². The molecule has 2 aromatic rings. The maximum atomic E-state index is 5.75. The van der Waals surface area contributed by atoms with Crippen LogP contribution in [0.2, 0.25) is 0 Å². The standard InChI is InChI=1S/C14H18BrN5O/c1-8(2)12-17-13(20(4)5)19-14(18-12)21-10-7-6-9(3)16-11(10)15/h6-8H,1-5H3. The average Bonchev–Trinajstić information content (AvgIpc) is 2.41. The van der Waals surface area contributed by atoms with E-state index in [-0.39, 0.29) is 11.9 Å². The fourth-order valence-electron chi connectivity index (χ4n) is 1.55. The first-order chi connectivity index (χ1) is 9.86. The summed E-state index contributed by atoms with van der Waals surface area (Å²) in [6.07, 6.45) is 0. The lowest BCUT2D eigenvalue weighted by atomic mass is 10.2. The molecule has 0 bridgehead atoms. The predicted molar refractivity (Wildman–Crippen MR) is 85.0 cm³/mol. The molecule has 0 aliphatic rings. The van der Waals surface area contributed by atoms with Gasteiger partial charge in [-0.3, -0.25) is 0 Å². The lowest BCUT2D eigenvalue weighted by Gasteiger charge is -2.14. The second kappa shape index (κ2) is 6.34. The largest absolute Gasteiger partial charge is 0.421 e. The summed E-state index contributed by atoms with van der Waals surface area (Å²) >= 11 is 3.38. The van der Waals surface area contributed by atoms with E-state index < -0.39 is 0 Å². The average molecular weight is 352 g/mol. The van der Waals surface area contributed by atoms with Crippen molar-refractivity contribution in [3.8, 4) is 11.8 Å². The van der Waals surface area contributed by atoms with Crippen LogP contribution in [-0.2, 0) is 0 Å². The Hall–Kier alpha value is -1.76. The summed E-state index contributed by atoms with van der Waals surface area (Å²) in [5.41, 5.74) is 0.904. The number of hydrogen-bond acceptors (Lipinski definition) is 6. The molecule has 0 fully saturated rings. The monoisotopic (exact) mass is 351 g/mol. The van der Waals surface area contributed by atoms with Crippen molar-refractivity contribution in [1.82, 2.24) is 19.9 Å². The van der Waals surface area contributed by atoms with E-state index in [2.05, 4.69) is 35.9 Å². The Kier molecular flexibility index (Phi) is 4.72. The molecule has 0 radical (unpaired) electrons. The zero-order chi connectivity index (χ0) is 15.6. The quantitative estimate of drug-likeness (QED) is 0.787. The molecule has 2 rings (SSSR count). The Balaban J connectivity index is 2.38. The van der Waals surface area contributed by atoms with Gasteiger partial charge >= 0.3 is 6.01 Å². The molecule has 7 heteroatoms. The highest BCUT2D eigenvalue weighted by Crippen LogP contribution is 2.27. The smallest absolute Gasteiger partial charge is 0.327 e. The molecule has 2 aromatic heterocycles. The molecule has 0 aliphatic carbocycles. The number of rotatable bonds is 4. The maximum absolute atomic E-state index is 5.75. The molecule has 2 heterocycles. The molecule has 0 N–H and O–H groups in total. The first kappa shape index (κ1) is 15.6. The number of anilines is 1. The molecule has 0 saturated carbocycles. The zero-order valence-electron chi connectivity index (χ0n) is 12.8. The highest BCUT2D eigenvalue weighted by atomic mass is 79.9. The van der Waals surface area contributed by atoms with Crippen LogP contribution in [0.15, 0.2) is 16.7 Å². The van der Waals surface area contributed by atoms with Crippen LogP contribution in [0.1, 0.15) is 31.3 Å². The molecule has 21 heavy (non-hydrogen) atoms. The summed E-state index contributed by atoms with van der Waals surface area (Å²) in [6, 6.07) is 3.97. The van der Waals surface area contributed by atoms with Crippen LogP contribution in [0.25, 0.3) is 0 Å². The SMILES string of the molecule is Cc1ccc(Oc2nc(C(C)C)nc(N(C)C)n2)c(Br)n1. The van der Waals surface area contributed by atoms with Crippen LogP contribution in [0, 0.1) is 6.92 Å². The lowest BCUT2D eigenvalue weighted by molar-refractivity contribution is 0.429. The summed E-state index contributed by atoms with van der Waals surface area (Å²) in [7, 11) is 3.76. The van der Waals surface area contributed by atoms with Gasteiger partial charge in [-0.25, -0.2) is 4.98 Å². The molecule has 6 nitrogen and oxygen atoms in total. The number of halogens is 1. The second-order valence-electron chi connectivity index (χ2n) is 5.17. The van der Waals surface area contributed by atoms with E-state index in [4.69, 9.17) is 4.74 Å². The van der Waals surface area contributed by atoms with E-state index in [1.54, 1.807) is 0 Å². The molecule has 0 amide bonds. The summed E-state index contributed by atoms with van der Waals surface area (Å²) < 4.78 is 6.37. The van der Waals surface area contributed by atoms with Gasteiger partial charge in [0.05, 0.1) is 0 Å². The maximum Gasteiger partial charge on any atom is 0.327 e. The van der Waals surface area contributed by atoms with Gasteiger partial charge in [0, 0.05) is 25.7 Å². The summed E-state index contributed by atoms with van der Waals surface area (Å²) in [5, 5.41) is 0. The highest BCUT2D eigenvalue weighted by Gasteiger charge is 2.14. The third kappa shape index (κ3) is 3.87. The minimum Gasteiger partial charge on any atom is -0.421 e. The molecule has 0 aromatic carbocycles. The van der Waals surface area contributed by atoms with Crippen molar-refractivity contribution in [2.75, 3.05) is 19.0 Å². The Morgan fingerprint density at radius 3 is 2.38 bits per heavy atom. The van der Waals surface area contributed by atoms with Gasteiger partial charge in [-0.15, -0.1) is 0 Å². The van der Waals surface area contributed by atoms with E-state index in [0.717, 1.165) is 5.69 Å². The predicted octanol–water partition coefficient (Wildman–Crippen LogP) is 3.32. The van der Waals surface area contributed by atoms with Gasteiger partial charge in [-0.2, -0.15) is 15.0 Å². The fourth-order valence-corrected chi connectivity index (χ4v) is 2.04. The molecule has 0 unspecified atom stereocenters. The van der Waals surface area contributed by atoms with E-state index in [1.165, 1.54) is 0 Å². The summed E-state index contributed by atoms with van der Waals surface area (Å²) in [6.45, 7) is 5.97. The first-order valence-electron chi connectivity index (χ1n) is 6.61. The van der Waals surface area contributed by atoms with Crippen LogP contribution in [-0.4, -0.2) is 34.0 Å². The van der Waals surface area contributed by atoms with Crippen molar-refractivity contribution in [2.24, 2.45) is 0 Å². The van der Waals surface area contributed by atoms with E-state index in [0.29, 0.717) is 22.1 Å². The Bertz CT molecular complexity index is 619. The number of pyridine rings is 1. The van der Waals surface area contributed by atoms with Crippen LogP contribution in [0.5, 0.6) is 11.8 Å². The van der Waals surface area contributed by atoms with Crippen LogP contribution in [0.4, 0.5) is 5.95 Å². The Morgan fingerprint density at radius 1 is 1.10 bits per heavy atom.